The van der Waals surface area contributed by atoms with E-state index in [1.807, 2.05) is 73.7 Å². The van der Waals surface area contributed by atoms with Crippen molar-refractivity contribution in [3.05, 3.63) is 72.3 Å². The Balaban J connectivity index is 1.79. The van der Waals surface area contributed by atoms with Crippen LogP contribution in [0.5, 0.6) is 11.5 Å². The van der Waals surface area contributed by atoms with Crippen molar-refractivity contribution >= 4 is 22.6 Å². The van der Waals surface area contributed by atoms with E-state index in [0.717, 1.165) is 22.8 Å². The summed E-state index contributed by atoms with van der Waals surface area (Å²) in [5, 5.41) is 4.86. The highest BCUT2D eigenvalue weighted by atomic mass is 16.5. The van der Waals surface area contributed by atoms with Gasteiger partial charge in [-0.3, -0.25) is 9.59 Å². The second kappa shape index (κ2) is 11.2. The summed E-state index contributed by atoms with van der Waals surface area (Å²) < 4.78 is 11.2. The molecule has 0 aliphatic heterocycles. The highest BCUT2D eigenvalue weighted by Gasteiger charge is 2.26. The molecule has 1 N–H and O–H groups in total. The van der Waals surface area contributed by atoms with Crippen molar-refractivity contribution in [1.82, 2.24) is 10.2 Å². The molecule has 3 aromatic rings. The van der Waals surface area contributed by atoms with Crippen LogP contribution in [0.1, 0.15) is 25.8 Å². The highest BCUT2D eigenvalue weighted by molar-refractivity contribution is 5.90. The number of nitrogens with zero attached hydrogens (tertiary/aromatic N) is 1. The minimum absolute atomic E-state index is 0.163. The fourth-order valence-electron chi connectivity index (χ4n) is 3.49. The number of methoxy groups -OCH3 is 1. The van der Waals surface area contributed by atoms with E-state index in [2.05, 4.69) is 5.32 Å². The number of ether oxygens (including phenoxy) is 2. The Hall–Kier alpha value is -3.54. The SMILES string of the molecule is CCCNC(=O)C(C)N(Cc1cccc(OC)c1)C(=O)COc1cccc2ccccc12. The van der Waals surface area contributed by atoms with Gasteiger partial charge in [0.05, 0.1) is 7.11 Å². The number of benzene rings is 3. The molecule has 0 spiro atoms. The molecule has 0 radical (unpaired) electrons. The zero-order valence-corrected chi connectivity index (χ0v) is 18.8. The molecular formula is C26H30N2O4. The quantitative estimate of drug-likeness (QED) is 0.520. The van der Waals surface area contributed by atoms with E-state index >= 15 is 0 Å². The summed E-state index contributed by atoms with van der Waals surface area (Å²) in [6.45, 7) is 4.40. The molecule has 32 heavy (non-hydrogen) atoms. The molecule has 0 heterocycles. The maximum atomic E-state index is 13.2. The molecular weight excluding hydrogens is 404 g/mol. The van der Waals surface area contributed by atoms with Gasteiger partial charge in [-0.05, 0) is 42.5 Å². The Labute approximate surface area is 189 Å². The summed E-state index contributed by atoms with van der Waals surface area (Å²) in [5.41, 5.74) is 0.873. The van der Waals surface area contributed by atoms with E-state index in [1.165, 1.54) is 0 Å². The Bertz CT molecular complexity index is 1060. The van der Waals surface area contributed by atoms with E-state index in [1.54, 1.807) is 18.9 Å². The lowest BCUT2D eigenvalue weighted by Gasteiger charge is -2.29. The maximum Gasteiger partial charge on any atom is 0.261 e. The number of carbonyl (C=O) groups is 2. The van der Waals surface area contributed by atoms with E-state index in [4.69, 9.17) is 9.47 Å². The Morgan fingerprint density at radius 2 is 1.78 bits per heavy atom. The molecule has 6 heteroatoms. The summed E-state index contributed by atoms with van der Waals surface area (Å²) >= 11 is 0. The molecule has 0 fully saturated rings. The van der Waals surface area contributed by atoms with Crippen LogP contribution in [0.4, 0.5) is 0 Å². The van der Waals surface area contributed by atoms with E-state index in [-0.39, 0.29) is 25.0 Å². The topological polar surface area (TPSA) is 67.9 Å². The molecule has 6 nitrogen and oxygen atoms in total. The molecule has 0 aliphatic carbocycles. The number of carbonyl (C=O) groups excluding carboxylic acids is 2. The van der Waals surface area contributed by atoms with Crippen LogP contribution in [0.15, 0.2) is 66.7 Å². The van der Waals surface area contributed by atoms with Gasteiger partial charge in [-0.1, -0.05) is 55.5 Å². The lowest BCUT2D eigenvalue weighted by atomic mass is 10.1. The van der Waals surface area contributed by atoms with E-state index < -0.39 is 6.04 Å². The number of nitrogens with one attached hydrogen (secondary N) is 1. The average Bonchev–Trinajstić information content (AvgIpc) is 2.84. The van der Waals surface area contributed by atoms with Crippen molar-refractivity contribution in [1.29, 1.82) is 0 Å². The minimum Gasteiger partial charge on any atom is -0.497 e. The fourth-order valence-corrected chi connectivity index (χ4v) is 3.49. The number of amides is 2. The maximum absolute atomic E-state index is 13.2. The molecule has 168 valence electrons. The molecule has 1 unspecified atom stereocenters. The second-order valence-electron chi connectivity index (χ2n) is 7.61. The van der Waals surface area contributed by atoms with Crippen LogP contribution in [0.3, 0.4) is 0 Å². The highest BCUT2D eigenvalue weighted by Crippen LogP contribution is 2.25. The summed E-state index contributed by atoms with van der Waals surface area (Å²) in [4.78, 5) is 27.4. The molecule has 0 aromatic heterocycles. The third-order valence-corrected chi connectivity index (χ3v) is 5.30. The monoisotopic (exact) mass is 434 g/mol. The normalized spacial score (nSPS) is 11.6. The minimum atomic E-state index is -0.642. The first-order chi connectivity index (χ1) is 15.5. The molecule has 1 atom stereocenters. The first-order valence-corrected chi connectivity index (χ1v) is 10.8. The lowest BCUT2D eigenvalue weighted by Crippen LogP contribution is -2.49. The van der Waals surface area contributed by atoms with Gasteiger partial charge in [0.2, 0.25) is 5.91 Å². The van der Waals surface area contributed by atoms with Crippen molar-refractivity contribution in [3.8, 4) is 11.5 Å². The molecule has 2 amide bonds. The number of rotatable bonds is 10. The Morgan fingerprint density at radius 3 is 2.56 bits per heavy atom. The van der Waals surface area contributed by atoms with Crippen molar-refractivity contribution in [3.63, 3.8) is 0 Å². The number of hydrogen-bond donors (Lipinski definition) is 1. The van der Waals surface area contributed by atoms with Gasteiger partial charge in [0.15, 0.2) is 6.61 Å². The third-order valence-electron chi connectivity index (χ3n) is 5.30. The van der Waals surface area contributed by atoms with Crippen LogP contribution in [-0.4, -0.2) is 43.0 Å². The lowest BCUT2D eigenvalue weighted by molar-refractivity contribution is -0.142. The van der Waals surface area contributed by atoms with Crippen LogP contribution in [0, 0.1) is 0 Å². The summed E-state index contributed by atoms with van der Waals surface area (Å²) in [7, 11) is 1.60. The van der Waals surface area contributed by atoms with Crippen LogP contribution in [0.25, 0.3) is 10.8 Å². The van der Waals surface area contributed by atoms with Gasteiger partial charge < -0.3 is 19.7 Å². The van der Waals surface area contributed by atoms with E-state index in [0.29, 0.717) is 18.0 Å². The van der Waals surface area contributed by atoms with Gasteiger partial charge in [0.25, 0.3) is 5.91 Å². The van der Waals surface area contributed by atoms with Gasteiger partial charge in [-0.15, -0.1) is 0 Å². The fraction of sp³-hybridized carbons (Fsp3) is 0.308. The zero-order valence-electron chi connectivity index (χ0n) is 18.8. The predicted molar refractivity (Wildman–Crippen MR) is 126 cm³/mol. The summed E-state index contributed by atoms with van der Waals surface area (Å²) in [6, 6.07) is 20.4. The smallest absolute Gasteiger partial charge is 0.261 e. The first kappa shape index (κ1) is 23.1. The Kier molecular flexibility index (Phi) is 8.08. The van der Waals surface area contributed by atoms with Gasteiger partial charge in [0, 0.05) is 18.5 Å². The molecule has 0 bridgehead atoms. The van der Waals surface area contributed by atoms with Gasteiger partial charge in [-0.2, -0.15) is 0 Å². The predicted octanol–water partition coefficient (Wildman–Crippen LogP) is 4.17. The van der Waals surface area contributed by atoms with Crippen LogP contribution in [0.2, 0.25) is 0 Å². The molecule has 0 aliphatic rings. The zero-order chi connectivity index (χ0) is 22.9. The van der Waals surface area contributed by atoms with Gasteiger partial charge >= 0.3 is 0 Å². The van der Waals surface area contributed by atoms with Crippen LogP contribution in [-0.2, 0) is 16.1 Å². The molecule has 0 saturated heterocycles. The Morgan fingerprint density at radius 1 is 1.03 bits per heavy atom. The number of hydrogen-bond acceptors (Lipinski definition) is 4. The van der Waals surface area contributed by atoms with Gasteiger partial charge in [-0.25, -0.2) is 0 Å². The van der Waals surface area contributed by atoms with Crippen molar-refractivity contribution in [2.24, 2.45) is 0 Å². The molecule has 0 saturated carbocycles. The molecule has 3 aromatic carbocycles. The number of fused-ring (bicyclic) bond motifs is 1. The van der Waals surface area contributed by atoms with Crippen molar-refractivity contribution < 1.29 is 19.1 Å². The first-order valence-electron chi connectivity index (χ1n) is 10.8. The van der Waals surface area contributed by atoms with Crippen LogP contribution < -0.4 is 14.8 Å². The summed E-state index contributed by atoms with van der Waals surface area (Å²) in [5.74, 6) is 0.888. The van der Waals surface area contributed by atoms with E-state index in [9.17, 15) is 9.59 Å². The van der Waals surface area contributed by atoms with Crippen molar-refractivity contribution in [2.45, 2.75) is 32.9 Å². The summed E-state index contributed by atoms with van der Waals surface area (Å²) in [6.07, 6.45) is 0.826. The third kappa shape index (κ3) is 5.78. The molecule has 3 rings (SSSR count). The van der Waals surface area contributed by atoms with Gasteiger partial charge in [0.1, 0.15) is 17.5 Å². The largest absolute Gasteiger partial charge is 0.497 e. The second-order valence-corrected chi connectivity index (χ2v) is 7.61. The van der Waals surface area contributed by atoms with Crippen LogP contribution >= 0.6 is 0 Å². The average molecular weight is 435 g/mol. The van der Waals surface area contributed by atoms with Crippen molar-refractivity contribution in [2.75, 3.05) is 20.3 Å². The standard InChI is InChI=1S/C26H30N2O4/c1-4-15-27-26(30)19(2)28(17-20-9-7-12-22(16-20)31-3)25(29)18-32-24-14-8-11-21-10-5-6-13-23(21)24/h5-14,16,19H,4,15,17-18H2,1-3H3,(H,27,30).